The highest BCUT2D eigenvalue weighted by atomic mass is 15.1. The Balaban J connectivity index is 1.15. The molecule has 3 aromatic heterocycles. The first-order valence-corrected chi connectivity index (χ1v) is 18.3. The molecule has 0 atom stereocenters. The summed E-state index contributed by atoms with van der Waals surface area (Å²) >= 11 is 0. The second kappa shape index (κ2) is 12.1. The van der Waals surface area contributed by atoms with Gasteiger partial charge in [-0.15, -0.1) is 0 Å². The van der Waals surface area contributed by atoms with Gasteiger partial charge in [-0.05, 0) is 81.7 Å². The fourth-order valence-electron chi connectivity index (χ4n) is 8.14. The molecule has 4 nitrogen and oxygen atoms in total. The quantitative estimate of drug-likeness (QED) is 0.180. The Morgan fingerprint density at radius 2 is 0.907 bits per heavy atom. The van der Waals surface area contributed by atoms with Gasteiger partial charge < -0.3 is 0 Å². The van der Waals surface area contributed by atoms with Crippen molar-refractivity contribution in [3.8, 4) is 50.7 Å². The minimum Gasteiger partial charge on any atom is -0.293 e. The molecule has 0 N–H and O–H groups in total. The lowest BCUT2D eigenvalue weighted by atomic mass is 9.99. The third kappa shape index (κ3) is 4.85. The number of fused-ring (bicyclic) bond motifs is 7. The van der Waals surface area contributed by atoms with E-state index in [1.807, 2.05) is 0 Å². The van der Waals surface area contributed by atoms with Gasteiger partial charge in [0.25, 0.3) is 0 Å². The van der Waals surface area contributed by atoms with E-state index in [0.29, 0.717) is 5.82 Å². The molecule has 8 aromatic carbocycles. The minimum absolute atomic E-state index is 0.702. The molecule has 4 heteroatoms. The zero-order valence-electron chi connectivity index (χ0n) is 29.3. The van der Waals surface area contributed by atoms with E-state index in [9.17, 15) is 0 Å². The van der Waals surface area contributed by atoms with Crippen molar-refractivity contribution in [2.45, 2.75) is 0 Å². The standard InChI is InChI=1S/C50H32N4/c1-2-19-41(20-3-1)53-46-23-10-11-24-47(46)54-45-22-9-8-21-42(45)48(50(53)54)39-18-12-17-37(31-39)43-32-44(38-27-25-33-13-4-6-15-35(33)29-38)52-49(51-43)40-28-26-34-14-5-7-16-36(34)30-40/h1-32H. The maximum absolute atomic E-state index is 5.29. The van der Waals surface area contributed by atoms with E-state index in [4.69, 9.17) is 9.97 Å². The molecule has 0 bridgehead atoms. The first-order valence-electron chi connectivity index (χ1n) is 18.3. The summed E-state index contributed by atoms with van der Waals surface area (Å²) in [7, 11) is 0. The summed E-state index contributed by atoms with van der Waals surface area (Å²) in [5.74, 6) is 0.702. The SMILES string of the molecule is c1ccc(-n2c3ccccc3n3c4ccccc4c(-c4cccc(-c5cc(-c6ccc7ccccc7c6)nc(-c6ccc7ccccc7c6)n5)c4)c23)cc1. The molecule has 0 amide bonds. The molecular weight excluding hydrogens is 657 g/mol. The topological polar surface area (TPSA) is 35.1 Å². The van der Waals surface area contributed by atoms with Crippen LogP contribution in [0.25, 0.3) is 99.8 Å². The van der Waals surface area contributed by atoms with Gasteiger partial charge in [-0.3, -0.25) is 8.97 Å². The highest BCUT2D eigenvalue weighted by Gasteiger charge is 2.22. The predicted octanol–water partition coefficient (Wildman–Crippen LogP) is 12.8. The molecule has 0 unspecified atom stereocenters. The van der Waals surface area contributed by atoms with Crippen LogP contribution >= 0.6 is 0 Å². The summed E-state index contributed by atoms with van der Waals surface area (Å²) in [6.45, 7) is 0. The number of imidazole rings is 1. The molecule has 3 heterocycles. The van der Waals surface area contributed by atoms with E-state index in [1.54, 1.807) is 0 Å². The Labute approximate surface area is 311 Å². The number of para-hydroxylation sites is 4. The van der Waals surface area contributed by atoms with Crippen LogP contribution in [0.4, 0.5) is 0 Å². The van der Waals surface area contributed by atoms with Crippen LogP contribution in [0.3, 0.4) is 0 Å². The van der Waals surface area contributed by atoms with Crippen molar-refractivity contribution >= 4 is 49.1 Å². The summed E-state index contributed by atoms with van der Waals surface area (Å²) in [4.78, 5) is 10.5. The highest BCUT2D eigenvalue weighted by molar-refractivity contribution is 6.09. The van der Waals surface area contributed by atoms with Gasteiger partial charge in [-0.1, -0.05) is 140 Å². The molecular formula is C50H32N4. The summed E-state index contributed by atoms with van der Waals surface area (Å²) in [5, 5.41) is 5.95. The van der Waals surface area contributed by atoms with Crippen LogP contribution in [-0.4, -0.2) is 18.9 Å². The Hall–Kier alpha value is -7.30. The number of hydrogen-bond acceptors (Lipinski definition) is 2. The second-order valence-electron chi connectivity index (χ2n) is 13.9. The Bertz CT molecular complexity index is 3130. The summed E-state index contributed by atoms with van der Waals surface area (Å²) in [6, 6.07) is 69.1. The lowest BCUT2D eigenvalue weighted by Crippen LogP contribution is -1.97. The first-order chi connectivity index (χ1) is 26.8. The third-order valence-electron chi connectivity index (χ3n) is 10.7. The molecule has 0 radical (unpaired) electrons. The van der Waals surface area contributed by atoms with E-state index >= 15 is 0 Å². The van der Waals surface area contributed by atoms with Crippen molar-refractivity contribution in [3.05, 3.63) is 194 Å². The van der Waals surface area contributed by atoms with E-state index in [0.717, 1.165) is 55.9 Å². The van der Waals surface area contributed by atoms with E-state index in [2.05, 4.69) is 203 Å². The van der Waals surface area contributed by atoms with Gasteiger partial charge in [0.15, 0.2) is 5.82 Å². The zero-order chi connectivity index (χ0) is 35.6. The minimum atomic E-state index is 0.702. The molecule has 0 aliphatic heterocycles. The maximum Gasteiger partial charge on any atom is 0.160 e. The number of benzene rings is 8. The third-order valence-corrected chi connectivity index (χ3v) is 10.7. The van der Waals surface area contributed by atoms with Gasteiger partial charge in [0.05, 0.1) is 27.9 Å². The average Bonchev–Trinajstić information content (AvgIpc) is 3.76. The van der Waals surface area contributed by atoms with E-state index < -0.39 is 0 Å². The van der Waals surface area contributed by atoms with Gasteiger partial charge in [0.2, 0.25) is 0 Å². The molecule has 54 heavy (non-hydrogen) atoms. The normalized spacial score (nSPS) is 11.7. The molecule has 11 aromatic rings. The molecule has 0 saturated carbocycles. The predicted molar refractivity (Wildman–Crippen MR) is 224 cm³/mol. The van der Waals surface area contributed by atoms with Crippen molar-refractivity contribution in [1.29, 1.82) is 0 Å². The Morgan fingerprint density at radius 3 is 1.65 bits per heavy atom. The maximum atomic E-state index is 5.29. The fourth-order valence-corrected chi connectivity index (χ4v) is 8.14. The van der Waals surface area contributed by atoms with Gasteiger partial charge >= 0.3 is 0 Å². The summed E-state index contributed by atoms with van der Waals surface area (Å²) in [6.07, 6.45) is 0. The lowest BCUT2D eigenvalue weighted by Gasteiger charge is -2.12. The van der Waals surface area contributed by atoms with Crippen molar-refractivity contribution in [3.63, 3.8) is 0 Å². The van der Waals surface area contributed by atoms with Crippen LogP contribution in [0.2, 0.25) is 0 Å². The molecule has 0 saturated heterocycles. The monoisotopic (exact) mass is 688 g/mol. The number of rotatable bonds is 5. The number of aromatic nitrogens is 4. The Kier molecular flexibility index (Phi) is 6.82. The summed E-state index contributed by atoms with van der Waals surface area (Å²) < 4.78 is 4.82. The van der Waals surface area contributed by atoms with Crippen LogP contribution < -0.4 is 0 Å². The second-order valence-corrected chi connectivity index (χ2v) is 13.9. The van der Waals surface area contributed by atoms with Crippen LogP contribution in [0.1, 0.15) is 0 Å². The number of hydrogen-bond donors (Lipinski definition) is 0. The molecule has 0 aliphatic rings. The van der Waals surface area contributed by atoms with Crippen molar-refractivity contribution < 1.29 is 0 Å². The smallest absolute Gasteiger partial charge is 0.160 e. The van der Waals surface area contributed by atoms with Gasteiger partial charge in [-0.2, -0.15) is 0 Å². The first kappa shape index (κ1) is 30.3. The van der Waals surface area contributed by atoms with Gasteiger partial charge in [0, 0.05) is 33.3 Å². The van der Waals surface area contributed by atoms with Crippen LogP contribution in [0.5, 0.6) is 0 Å². The van der Waals surface area contributed by atoms with Gasteiger partial charge in [-0.25, -0.2) is 9.97 Å². The van der Waals surface area contributed by atoms with Crippen molar-refractivity contribution in [1.82, 2.24) is 18.9 Å². The molecule has 11 rings (SSSR count). The highest BCUT2D eigenvalue weighted by Crippen LogP contribution is 2.42. The molecule has 0 aliphatic carbocycles. The number of nitrogens with zero attached hydrogens (tertiary/aromatic N) is 4. The van der Waals surface area contributed by atoms with E-state index in [1.165, 1.54) is 38.1 Å². The zero-order valence-corrected chi connectivity index (χ0v) is 29.3. The van der Waals surface area contributed by atoms with E-state index in [-0.39, 0.29) is 0 Å². The van der Waals surface area contributed by atoms with Crippen molar-refractivity contribution in [2.75, 3.05) is 0 Å². The van der Waals surface area contributed by atoms with Crippen molar-refractivity contribution in [2.24, 2.45) is 0 Å². The lowest BCUT2D eigenvalue weighted by molar-refractivity contribution is 1.15. The average molecular weight is 689 g/mol. The Morgan fingerprint density at radius 1 is 0.352 bits per heavy atom. The molecule has 252 valence electrons. The molecule has 0 fully saturated rings. The van der Waals surface area contributed by atoms with Crippen LogP contribution in [-0.2, 0) is 0 Å². The largest absolute Gasteiger partial charge is 0.293 e. The summed E-state index contributed by atoms with van der Waals surface area (Å²) in [5.41, 5.74) is 12.9. The van der Waals surface area contributed by atoms with Crippen LogP contribution in [0, 0.1) is 0 Å². The molecule has 0 spiro atoms. The van der Waals surface area contributed by atoms with Crippen LogP contribution in [0.15, 0.2) is 194 Å². The van der Waals surface area contributed by atoms with Gasteiger partial charge in [0.1, 0.15) is 5.65 Å². The fraction of sp³-hybridized carbons (Fsp3) is 0.